The van der Waals surface area contributed by atoms with E-state index in [1.165, 1.54) is 6.21 Å². The minimum Gasteiger partial charge on any atom is -0.454 e. The normalized spacial score (nSPS) is 12.1. The zero-order valence-corrected chi connectivity index (χ0v) is 15.2. The average Bonchev–Trinajstić information content (AvgIpc) is 3.41. The highest BCUT2D eigenvalue weighted by atomic mass is 16.7. The molecule has 0 aliphatic carbocycles. The Hall–Kier alpha value is -4.14. The largest absolute Gasteiger partial charge is 0.454 e. The van der Waals surface area contributed by atoms with Gasteiger partial charge in [0.25, 0.3) is 11.8 Å². The molecule has 0 spiro atoms. The molecule has 2 amide bonds. The number of carbonyl (C=O) groups is 2. The first-order valence-electron chi connectivity index (χ1n) is 8.79. The third-order valence-electron chi connectivity index (χ3n) is 4.17. The van der Waals surface area contributed by atoms with Crippen LogP contribution in [0.5, 0.6) is 11.5 Å². The van der Waals surface area contributed by atoms with Crippen LogP contribution in [-0.4, -0.2) is 41.6 Å². The molecule has 3 N–H and O–H groups in total. The van der Waals surface area contributed by atoms with Gasteiger partial charge >= 0.3 is 0 Å². The molecule has 0 saturated heterocycles. The monoisotopic (exact) mass is 391 g/mol. The van der Waals surface area contributed by atoms with Gasteiger partial charge in [0.1, 0.15) is 0 Å². The number of hydrazone groups is 1. The Kier molecular flexibility index (Phi) is 5.19. The second-order valence-electron chi connectivity index (χ2n) is 6.11. The quantitative estimate of drug-likeness (QED) is 0.437. The fourth-order valence-corrected chi connectivity index (χ4v) is 2.74. The molecule has 0 atom stereocenters. The van der Waals surface area contributed by atoms with Gasteiger partial charge in [0, 0.05) is 16.7 Å². The standard InChI is InChI=1S/C20H17N5O4/c26-18(11-21-20(27)14-6-7-16-17(8-14)29-12-28-16)24-22-9-15-10-23-25-19(15)13-4-2-1-3-5-13/h1-10H,11-12H2,(H,21,27)(H,23,25)(H,24,26). The first kappa shape index (κ1) is 18.2. The highest BCUT2D eigenvalue weighted by Gasteiger charge is 2.16. The van der Waals surface area contributed by atoms with Crippen molar-refractivity contribution in [1.82, 2.24) is 20.9 Å². The number of H-pyrrole nitrogens is 1. The summed E-state index contributed by atoms with van der Waals surface area (Å²) in [6.07, 6.45) is 3.10. The van der Waals surface area contributed by atoms with Crippen molar-refractivity contribution >= 4 is 18.0 Å². The number of fused-ring (bicyclic) bond motifs is 1. The predicted molar refractivity (Wildman–Crippen MR) is 105 cm³/mol. The van der Waals surface area contributed by atoms with Gasteiger partial charge in [-0.2, -0.15) is 10.2 Å². The van der Waals surface area contributed by atoms with Crippen molar-refractivity contribution in [3.8, 4) is 22.8 Å². The zero-order chi connectivity index (χ0) is 20.1. The predicted octanol–water partition coefficient (Wildman–Crippen LogP) is 1.69. The molecule has 1 aliphatic heterocycles. The zero-order valence-electron chi connectivity index (χ0n) is 15.2. The molecule has 2 aromatic carbocycles. The molecule has 0 radical (unpaired) electrons. The topological polar surface area (TPSA) is 118 Å². The van der Waals surface area contributed by atoms with E-state index in [0.717, 1.165) is 16.8 Å². The van der Waals surface area contributed by atoms with E-state index in [4.69, 9.17) is 9.47 Å². The van der Waals surface area contributed by atoms with Crippen LogP contribution < -0.4 is 20.2 Å². The number of rotatable bonds is 6. The minimum absolute atomic E-state index is 0.128. The Morgan fingerprint density at radius 1 is 1.14 bits per heavy atom. The summed E-state index contributed by atoms with van der Waals surface area (Å²) in [7, 11) is 0. The molecular weight excluding hydrogens is 374 g/mol. The SMILES string of the molecule is O=C(CNC(=O)c1ccc2c(c1)OCO2)NN=Cc1cn[nH]c1-c1ccccc1. The van der Waals surface area contributed by atoms with E-state index in [0.29, 0.717) is 17.1 Å². The Labute approximate surface area is 165 Å². The molecular formula is C20H17N5O4. The summed E-state index contributed by atoms with van der Waals surface area (Å²) in [6, 6.07) is 14.5. The average molecular weight is 391 g/mol. The van der Waals surface area contributed by atoms with Crippen LogP contribution in [0.3, 0.4) is 0 Å². The van der Waals surface area contributed by atoms with Gasteiger partial charge in [0.05, 0.1) is 24.7 Å². The van der Waals surface area contributed by atoms with Crippen LogP contribution in [0.15, 0.2) is 59.8 Å². The summed E-state index contributed by atoms with van der Waals surface area (Å²) in [6.45, 7) is -0.0923. The highest BCUT2D eigenvalue weighted by molar-refractivity contribution is 5.97. The van der Waals surface area contributed by atoms with Gasteiger partial charge in [-0.05, 0) is 18.2 Å². The maximum Gasteiger partial charge on any atom is 0.259 e. The third kappa shape index (κ3) is 4.24. The number of nitrogens with zero attached hydrogens (tertiary/aromatic N) is 2. The number of benzene rings is 2. The maximum atomic E-state index is 12.2. The summed E-state index contributed by atoms with van der Waals surface area (Å²) < 4.78 is 10.4. The number of carbonyl (C=O) groups excluding carboxylic acids is 2. The molecule has 1 aliphatic rings. The van der Waals surface area contributed by atoms with Crippen molar-refractivity contribution in [3.63, 3.8) is 0 Å². The lowest BCUT2D eigenvalue weighted by molar-refractivity contribution is -0.120. The van der Waals surface area contributed by atoms with Crippen molar-refractivity contribution < 1.29 is 19.1 Å². The van der Waals surface area contributed by atoms with E-state index in [-0.39, 0.29) is 13.3 Å². The van der Waals surface area contributed by atoms with E-state index >= 15 is 0 Å². The van der Waals surface area contributed by atoms with E-state index < -0.39 is 11.8 Å². The highest BCUT2D eigenvalue weighted by Crippen LogP contribution is 2.32. The Morgan fingerprint density at radius 2 is 1.97 bits per heavy atom. The summed E-state index contributed by atoms with van der Waals surface area (Å²) >= 11 is 0. The number of ether oxygens (including phenoxy) is 2. The second-order valence-corrected chi connectivity index (χ2v) is 6.11. The van der Waals surface area contributed by atoms with Crippen molar-refractivity contribution in [2.24, 2.45) is 5.10 Å². The lowest BCUT2D eigenvalue weighted by Gasteiger charge is -2.05. The van der Waals surface area contributed by atoms with E-state index in [1.807, 2.05) is 30.3 Å². The summed E-state index contributed by atoms with van der Waals surface area (Å²) in [5.74, 6) is 0.229. The fraction of sp³-hybridized carbons (Fsp3) is 0.100. The van der Waals surface area contributed by atoms with E-state index in [9.17, 15) is 9.59 Å². The van der Waals surface area contributed by atoms with Gasteiger partial charge in [-0.15, -0.1) is 0 Å². The van der Waals surface area contributed by atoms with Crippen LogP contribution >= 0.6 is 0 Å². The van der Waals surface area contributed by atoms with Gasteiger partial charge in [-0.1, -0.05) is 30.3 Å². The number of nitrogens with one attached hydrogen (secondary N) is 3. The first-order chi connectivity index (χ1) is 14.2. The third-order valence-corrected chi connectivity index (χ3v) is 4.17. The van der Waals surface area contributed by atoms with Crippen molar-refractivity contribution in [2.45, 2.75) is 0 Å². The van der Waals surface area contributed by atoms with Crippen molar-refractivity contribution in [2.75, 3.05) is 13.3 Å². The molecule has 29 heavy (non-hydrogen) atoms. The Balaban J connectivity index is 1.30. The molecule has 4 rings (SSSR count). The molecule has 0 fully saturated rings. The molecule has 9 heteroatoms. The summed E-state index contributed by atoms with van der Waals surface area (Å²) in [5.41, 5.74) is 5.22. The molecule has 146 valence electrons. The van der Waals surface area contributed by atoms with Crippen LogP contribution in [0.25, 0.3) is 11.3 Å². The second kappa shape index (κ2) is 8.26. The van der Waals surface area contributed by atoms with Crippen LogP contribution in [-0.2, 0) is 4.79 Å². The number of aromatic nitrogens is 2. The van der Waals surface area contributed by atoms with Gasteiger partial charge in [-0.25, -0.2) is 5.43 Å². The van der Waals surface area contributed by atoms with Gasteiger partial charge in [0.15, 0.2) is 11.5 Å². The van der Waals surface area contributed by atoms with Crippen molar-refractivity contribution in [1.29, 1.82) is 0 Å². The summed E-state index contributed by atoms with van der Waals surface area (Å²) in [5, 5.41) is 13.4. The fourth-order valence-electron chi connectivity index (χ4n) is 2.74. The molecule has 0 saturated carbocycles. The number of hydrogen-bond acceptors (Lipinski definition) is 6. The summed E-state index contributed by atoms with van der Waals surface area (Å²) in [4.78, 5) is 24.1. The van der Waals surface area contributed by atoms with E-state index in [1.54, 1.807) is 24.4 Å². The van der Waals surface area contributed by atoms with E-state index in [2.05, 4.69) is 26.0 Å². The number of amides is 2. The molecule has 1 aromatic heterocycles. The van der Waals surface area contributed by atoms with Crippen LogP contribution in [0, 0.1) is 0 Å². The Bertz CT molecular complexity index is 1060. The number of aromatic amines is 1. The molecule has 9 nitrogen and oxygen atoms in total. The first-order valence-corrected chi connectivity index (χ1v) is 8.79. The number of hydrogen-bond donors (Lipinski definition) is 3. The van der Waals surface area contributed by atoms with Gasteiger partial charge in [0.2, 0.25) is 6.79 Å². The smallest absolute Gasteiger partial charge is 0.259 e. The lowest BCUT2D eigenvalue weighted by Crippen LogP contribution is -2.34. The molecule has 2 heterocycles. The molecule has 0 unspecified atom stereocenters. The van der Waals surface area contributed by atoms with Crippen LogP contribution in [0.4, 0.5) is 0 Å². The molecule has 3 aromatic rings. The maximum absolute atomic E-state index is 12.2. The van der Waals surface area contributed by atoms with Crippen LogP contribution in [0.1, 0.15) is 15.9 Å². The Morgan fingerprint density at radius 3 is 2.83 bits per heavy atom. The molecule has 0 bridgehead atoms. The van der Waals surface area contributed by atoms with Crippen molar-refractivity contribution in [3.05, 3.63) is 65.9 Å². The lowest BCUT2D eigenvalue weighted by atomic mass is 10.1. The van der Waals surface area contributed by atoms with Gasteiger partial charge < -0.3 is 14.8 Å². The van der Waals surface area contributed by atoms with Gasteiger partial charge in [-0.3, -0.25) is 14.7 Å². The minimum atomic E-state index is -0.458. The van der Waals surface area contributed by atoms with Crippen LogP contribution in [0.2, 0.25) is 0 Å².